The van der Waals surface area contributed by atoms with E-state index in [4.69, 9.17) is 10.8 Å². The summed E-state index contributed by atoms with van der Waals surface area (Å²) in [6.45, 7) is 4.07. The van der Waals surface area contributed by atoms with Gasteiger partial charge in [-0.3, -0.25) is 0 Å². The average molecular weight is 785 g/mol. The van der Waals surface area contributed by atoms with E-state index >= 15 is 0 Å². The van der Waals surface area contributed by atoms with Crippen LogP contribution in [0.25, 0.3) is 50.3 Å². The van der Waals surface area contributed by atoms with Gasteiger partial charge in [0.05, 0.1) is 28.4 Å². The highest BCUT2D eigenvalue weighted by Gasteiger charge is 2.48. The van der Waals surface area contributed by atoms with Crippen molar-refractivity contribution in [2.75, 3.05) is 0 Å². The van der Waals surface area contributed by atoms with Gasteiger partial charge in [-0.05, 0) is 68.3 Å². The first-order valence-electron chi connectivity index (χ1n) is 20.7. The molecule has 61 heavy (non-hydrogen) atoms. The van der Waals surface area contributed by atoms with E-state index < -0.39 is 11.6 Å². The molecule has 292 valence electrons. The van der Waals surface area contributed by atoms with E-state index in [9.17, 15) is 0 Å². The highest BCUT2D eigenvalue weighted by Crippen LogP contribution is 2.59. The molecule has 1 aliphatic rings. The fraction of sp³-hybridized carbons (Fsp3) is 0.0351. The normalized spacial score (nSPS) is 13.8. The molecular formula is C57H44N4. The molecule has 1 aliphatic carbocycles. The summed E-state index contributed by atoms with van der Waals surface area (Å²) in [5.41, 5.74) is 21.2. The second kappa shape index (κ2) is 16.1. The van der Waals surface area contributed by atoms with Gasteiger partial charge in [0.1, 0.15) is 6.17 Å². The smallest absolute Gasteiger partial charge is 0.125 e. The summed E-state index contributed by atoms with van der Waals surface area (Å²) in [5.74, 6) is 0. The molecule has 4 heteroatoms. The zero-order valence-corrected chi connectivity index (χ0v) is 33.7. The summed E-state index contributed by atoms with van der Waals surface area (Å²) in [6.07, 6.45) is 9.27. The SMILES string of the molecule is C=C/C=C\C(=C/n1c2ccc(-c3ccccc3)cc2c2ccc3c(c21)C(c1ccccc1)(c1ccccc1)c1ccccc1-3)N(/N=C/c1ccccc1)C(N)c1ccccc1. The molecule has 2 N–H and O–H groups in total. The monoisotopic (exact) mass is 784 g/mol. The quantitative estimate of drug-likeness (QED) is 0.0614. The second-order valence-electron chi connectivity index (χ2n) is 15.4. The number of hydrogen-bond donors (Lipinski definition) is 1. The fourth-order valence-corrected chi connectivity index (χ4v) is 9.25. The Kier molecular flexibility index (Phi) is 9.89. The van der Waals surface area contributed by atoms with Gasteiger partial charge in [0.2, 0.25) is 0 Å². The minimum atomic E-state index is -0.640. The number of nitrogens with two attached hydrogens (primary N) is 1. The number of rotatable bonds is 11. The maximum atomic E-state index is 7.26. The summed E-state index contributed by atoms with van der Waals surface area (Å²) in [7, 11) is 0. The van der Waals surface area contributed by atoms with E-state index in [1.807, 2.05) is 84.0 Å². The summed E-state index contributed by atoms with van der Waals surface area (Å²) in [6, 6.07) is 73.3. The highest BCUT2D eigenvalue weighted by molar-refractivity contribution is 6.15. The van der Waals surface area contributed by atoms with Crippen LogP contribution in [0.4, 0.5) is 0 Å². The van der Waals surface area contributed by atoms with E-state index in [-0.39, 0.29) is 0 Å². The Bertz CT molecular complexity index is 3050. The number of aromatic nitrogens is 1. The van der Waals surface area contributed by atoms with Gasteiger partial charge in [-0.2, -0.15) is 5.10 Å². The predicted molar refractivity (Wildman–Crippen MR) is 255 cm³/mol. The van der Waals surface area contributed by atoms with Crippen molar-refractivity contribution in [2.45, 2.75) is 11.6 Å². The lowest BCUT2D eigenvalue weighted by Gasteiger charge is -2.34. The molecule has 0 bridgehead atoms. The highest BCUT2D eigenvalue weighted by atomic mass is 15.5. The molecule has 0 saturated heterocycles. The fourth-order valence-electron chi connectivity index (χ4n) is 9.25. The van der Waals surface area contributed by atoms with Crippen molar-refractivity contribution in [3.8, 4) is 22.3 Å². The molecule has 1 atom stereocenters. The van der Waals surface area contributed by atoms with Crippen LogP contribution in [0.5, 0.6) is 0 Å². The first kappa shape index (κ1) is 37.5. The number of hydrogen-bond acceptors (Lipinski definition) is 3. The largest absolute Gasteiger partial charge is 0.313 e. The van der Waals surface area contributed by atoms with Gasteiger partial charge in [-0.25, -0.2) is 5.01 Å². The Labute approximate surface area is 357 Å². The number of allylic oxidation sites excluding steroid dienone is 3. The molecule has 1 heterocycles. The van der Waals surface area contributed by atoms with Gasteiger partial charge in [0.25, 0.3) is 0 Å². The first-order chi connectivity index (χ1) is 30.2. The van der Waals surface area contributed by atoms with Gasteiger partial charge in [-0.1, -0.05) is 213 Å². The van der Waals surface area contributed by atoms with Crippen molar-refractivity contribution in [1.82, 2.24) is 9.58 Å². The molecule has 1 unspecified atom stereocenters. The Balaban J connectivity index is 1.34. The summed E-state index contributed by atoms with van der Waals surface area (Å²) < 4.78 is 2.39. The van der Waals surface area contributed by atoms with E-state index in [2.05, 4.69) is 163 Å². The molecular weight excluding hydrogens is 741 g/mol. The third-order valence-corrected chi connectivity index (χ3v) is 11.9. The minimum absolute atomic E-state index is 0.609. The van der Waals surface area contributed by atoms with E-state index in [0.717, 1.165) is 44.2 Å². The number of fused-ring (bicyclic) bond motifs is 7. The third kappa shape index (κ3) is 6.51. The maximum Gasteiger partial charge on any atom is 0.125 e. The van der Waals surface area contributed by atoms with Crippen LogP contribution in [0, 0.1) is 0 Å². The minimum Gasteiger partial charge on any atom is -0.313 e. The first-order valence-corrected chi connectivity index (χ1v) is 20.7. The van der Waals surface area contributed by atoms with Crippen LogP contribution in [-0.2, 0) is 5.41 Å². The second-order valence-corrected chi connectivity index (χ2v) is 15.4. The third-order valence-electron chi connectivity index (χ3n) is 11.9. The van der Waals surface area contributed by atoms with E-state index in [1.165, 1.54) is 38.9 Å². The lowest BCUT2D eigenvalue weighted by Crippen LogP contribution is -2.30. The Morgan fingerprint density at radius 3 is 1.89 bits per heavy atom. The van der Waals surface area contributed by atoms with Crippen LogP contribution < -0.4 is 5.73 Å². The van der Waals surface area contributed by atoms with Crippen molar-refractivity contribution in [3.63, 3.8) is 0 Å². The molecule has 0 spiro atoms. The molecule has 0 saturated carbocycles. The van der Waals surface area contributed by atoms with Crippen molar-refractivity contribution in [1.29, 1.82) is 0 Å². The zero-order chi connectivity index (χ0) is 41.2. The molecule has 9 aromatic rings. The van der Waals surface area contributed by atoms with Crippen molar-refractivity contribution >= 4 is 34.2 Å². The topological polar surface area (TPSA) is 46.5 Å². The van der Waals surface area contributed by atoms with Crippen molar-refractivity contribution in [2.24, 2.45) is 10.8 Å². The van der Waals surface area contributed by atoms with Crippen LogP contribution in [0.15, 0.2) is 242 Å². The predicted octanol–water partition coefficient (Wildman–Crippen LogP) is 13.4. The summed E-state index contributed by atoms with van der Waals surface area (Å²) in [5, 5.41) is 9.39. The molecule has 8 aromatic carbocycles. The molecule has 10 rings (SSSR count). The van der Waals surface area contributed by atoms with E-state index in [1.54, 1.807) is 6.08 Å². The van der Waals surface area contributed by atoms with Gasteiger partial charge in [0, 0.05) is 22.5 Å². The number of hydrazone groups is 1. The molecule has 0 fully saturated rings. The van der Waals surface area contributed by atoms with Gasteiger partial charge < -0.3 is 10.3 Å². The zero-order valence-electron chi connectivity index (χ0n) is 33.7. The van der Waals surface area contributed by atoms with Crippen LogP contribution in [0.3, 0.4) is 0 Å². The van der Waals surface area contributed by atoms with Crippen molar-refractivity contribution in [3.05, 3.63) is 270 Å². The number of nitrogens with zero attached hydrogens (tertiary/aromatic N) is 3. The molecule has 1 aromatic heterocycles. The Morgan fingerprint density at radius 1 is 0.607 bits per heavy atom. The van der Waals surface area contributed by atoms with Crippen LogP contribution in [0.2, 0.25) is 0 Å². The summed E-state index contributed by atoms with van der Waals surface area (Å²) in [4.78, 5) is 0. The van der Waals surface area contributed by atoms with Crippen molar-refractivity contribution < 1.29 is 0 Å². The number of benzene rings is 8. The van der Waals surface area contributed by atoms with E-state index in [0.29, 0.717) is 0 Å². The molecule has 0 amide bonds. The molecule has 4 nitrogen and oxygen atoms in total. The standard InChI is InChI=1S/C57H44N4/c1-2-3-31-47(61(56(58)43-25-13-6-14-26-43)59-39-41-21-9-4-10-22-41)40-60-53-37-34-44(42-23-11-5-12-24-42)38-51(53)50-36-35-49-48-32-19-20-33-52(48)57(54(49)55(50)60,45-27-15-7-16-28-45)46-29-17-8-18-30-46/h2-40,56H,1,58H2/b31-3-,47-40+,59-39+. The molecule has 0 aliphatic heterocycles. The van der Waals surface area contributed by atoms with Gasteiger partial charge >= 0.3 is 0 Å². The Hall–Kier alpha value is -7.79. The molecule has 0 radical (unpaired) electrons. The lowest BCUT2D eigenvalue weighted by atomic mass is 9.67. The van der Waals surface area contributed by atoms with Crippen LogP contribution in [-0.4, -0.2) is 15.8 Å². The van der Waals surface area contributed by atoms with Crippen LogP contribution >= 0.6 is 0 Å². The van der Waals surface area contributed by atoms with Gasteiger partial charge in [-0.15, -0.1) is 0 Å². The average Bonchev–Trinajstić information content (AvgIpc) is 3.81. The summed E-state index contributed by atoms with van der Waals surface area (Å²) >= 11 is 0. The lowest BCUT2D eigenvalue weighted by molar-refractivity contribution is 0.285. The van der Waals surface area contributed by atoms with Gasteiger partial charge in [0.15, 0.2) is 0 Å². The maximum absolute atomic E-state index is 7.26. The Morgan fingerprint density at radius 2 is 1.21 bits per heavy atom. The van der Waals surface area contributed by atoms with Crippen LogP contribution in [0.1, 0.15) is 39.5 Å².